The van der Waals surface area contributed by atoms with Gasteiger partial charge in [-0.2, -0.15) is 0 Å². The number of fused-ring (bicyclic) bond motifs is 1. The lowest BCUT2D eigenvalue weighted by Gasteiger charge is -2.15. The molecule has 0 radical (unpaired) electrons. The molecule has 2 aromatic heterocycles. The molecule has 0 amide bonds. The third kappa shape index (κ3) is 3.64. The van der Waals surface area contributed by atoms with Crippen molar-refractivity contribution in [1.29, 1.82) is 0 Å². The summed E-state index contributed by atoms with van der Waals surface area (Å²) in [7, 11) is 0. The number of nitrogens with zero attached hydrogens (tertiary/aromatic N) is 2. The van der Waals surface area contributed by atoms with Crippen LogP contribution in [0, 0.1) is 23.2 Å². The van der Waals surface area contributed by atoms with Gasteiger partial charge < -0.3 is 5.32 Å². The minimum atomic E-state index is -0.247. The zero-order valence-electron chi connectivity index (χ0n) is 17.0. The molecular weight excluding hydrogens is 520 g/mol. The maximum atomic E-state index is 13.8. The van der Waals surface area contributed by atoms with Crippen LogP contribution in [-0.4, -0.2) is 9.38 Å². The van der Waals surface area contributed by atoms with E-state index in [1.165, 1.54) is 6.07 Å². The van der Waals surface area contributed by atoms with E-state index in [1.807, 2.05) is 24.3 Å². The van der Waals surface area contributed by atoms with Crippen LogP contribution in [0.1, 0.15) is 11.1 Å². The van der Waals surface area contributed by atoms with Crippen LogP contribution in [0.25, 0.3) is 27.5 Å². The highest BCUT2D eigenvalue weighted by atomic mass is 127. The summed E-state index contributed by atoms with van der Waals surface area (Å²) in [5.74, 6) is 0.639. The summed E-state index contributed by atoms with van der Waals surface area (Å²) < 4.78 is 16.8. The molecule has 3 aromatic carbocycles. The molecule has 0 fully saturated rings. The number of hydrogen-bond donors (Lipinski definition) is 1. The molecule has 0 atom stereocenters. The topological polar surface area (TPSA) is 29.3 Å². The lowest BCUT2D eigenvalue weighted by atomic mass is 10.1. The molecule has 0 unspecified atom stereocenters. The fourth-order valence-corrected chi connectivity index (χ4v) is 5.41. The van der Waals surface area contributed by atoms with Crippen LogP contribution >= 0.6 is 33.9 Å². The van der Waals surface area contributed by atoms with E-state index in [-0.39, 0.29) is 5.82 Å². The molecule has 6 heteroatoms. The molecule has 0 aliphatic rings. The van der Waals surface area contributed by atoms with Crippen molar-refractivity contribution in [3.8, 4) is 22.5 Å². The van der Waals surface area contributed by atoms with Crippen molar-refractivity contribution in [1.82, 2.24) is 9.38 Å². The number of aromatic nitrogens is 2. The average Bonchev–Trinajstić information content (AvgIpc) is 3.31. The molecule has 0 saturated heterocycles. The van der Waals surface area contributed by atoms with Gasteiger partial charge in [0.1, 0.15) is 17.3 Å². The quantitative estimate of drug-likeness (QED) is 0.236. The first kappa shape index (κ1) is 20.2. The van der Waals surface area contributed by atoms with Crippen LogP contribution in [0.2, 0.25) is 0 Å². The van der Waals surface area contributed by atoms with Crippen molar-refractivity contribution >= 4 is 50.4 Å². The number of aryl methyl sites for hydroxylation is 2. The summed E-state index contributed by atoms with van der Waals surface area (Å²) >= 11 is 3.78. The molecular formula is C25H19FIN3S. The molecule has 5 rings (SSSR count). The summed E-state index contributed by atoms with van der Waals surface area (Å²) in [5.41, 5.74) is 7.30. The van der Waals surface area contributed by atoms with Gasteiger partial charge in [-0.1, -0.05) is 48.5 Å². The molecule has 2 heterocycles. The first-order chi connectivity index (χ1) is 15.0. The minimum Gasteiger partial charge on any atom is -0.339 e. The molecule has 1 N–H and O–H groups in total. The van der Waals surface area contributed by atoms with Crippen molar-refractivity contribution in [3.05, 3.63) is 92.6 Å². The Bertz CT molecular complexity index is 1390. The first-order valence-corrected chi connectivity index (χ1v) is 11.8. The summed E-state index contributed by atoms with van der Waals surface area (Å²) in [4.78, 5) is 5.86. The zero-order valence-corrected chi connectivity index (χ0v) is 20.0. The SMILES string of the molecule is Cc1cccc(C)c1Nc1c(-c2ccc(F)cc2I)nc2scc(-c3ccccc3)n12. The van der Waals surface area contributed by atoms with Crippen molar-refractivity contribution in [3.63, 3.8) is 0 Å². The Labute approximate surface area is 197 Å². The molecule has 0 spiro atoms. The number of benzene rings is 3. The Morgan fingerprint density at radius 2 is 1.71 bits per heavy atom. The van der Waals surface area contributed by atoms with E-state index < -0.39 is 0 Å². The molecule has 3 nitrogen and oxygen atoms in total. The molecule has 31 heavy (non-hydrogen) atoms. The molecule has 154 valence electrons. The van der Waals surface area contributed by atoms with E-state index in [2.05, 4.69) is 81.9 Å². The Hall–Kier alpha value is -2.71. The van der Waals surface area contributed by atoms with Gasteiger partial charge in [0, 0.05) is 20.2 Å². The third-order valence-corrected chi connectivity index (χ3v) is 7.06. The smallest absolute Gasteiger partial charge is 0.196 e. The van der Waals surface area contributed by atoms with Gasteiger partial charge in [-0.15, -0.1) is 11.3 Å². The lowest BCUT2D eigenvalue weighted by molar-refractivity contribution is 0.627. The van der Waals surface area contributed by atoms with E-state index >= 15 is 0 Å². The maximum Gasteiger partial charge on any atom is 0.196 e. The van der Waals surface area contributed by atoms with E-state index in [1.54, 1.807) is 17.4 Å². The predicted molar refractivity (Wildman–Crippen MR) is 136 cm³/mol. The highest BCUT2D eigenvalue weighted by Gasteiger charge is 2.21. The Kier molecular flexibility index (Phi) is 5.27. The molecule has 0 bridgehead atoms. The standard InChI is InChI=1S/C25H19FIN3S/c1-15-7-6-8-16(2)22(15)28-24-23(19-12-11-18(26)13-20(19)27)29-25-30(24)21(14-31-25)17-9-4-3-5-10-17/h3-14,28H,1-2H3. The zero-order chi connectivity index (χ0) is 21.5. The largest absolute Gasteiger partial charge is 0.339 e. The normalized spacial score (nSPS) is 11.2. The number of halogens is 2. The summed E-state index contributed by atoms with van der Waals surface area (Å²) in [6.45, 7) is 4.20. The van der Waals surface area contributed by atoms with Crippen LogP contribution in [-0.2, 0) is 0 Å². The van der Waals surface area contributed by atoms with Gasteiger partial charge in [-0.25, -0.2) is 9.37 Å². The Morgan fingerprint density at radius 1 is 0.968 bits per heavy atom. The number of rotatable bonds is 4. The van der Waals surface area contributed by atoms with E-state index in [9.17, 15) is 4.39 Å². The van der Waals surface area contributed by atoms with Crippen molar-refractivity contribution in [2.75, 3.05) is 5.32 Å². The van der Waals surface area contributed by atoms with Crippen LogP contribution in [0.3, 0.4) is 0 Å². The second kappa shape index (κ2) is 8.09. The Morgan fingerprint density at radius 3 is 2.42 bits per heavy atom. The van der Waals surface area contributed by atoms with Gasteiger partial charge in [0.15, 0.2) is 4.96 Å². The van der Waals surface area contributed by atoms with Crippen LogP contribution in [0.4, 0.5) is 15.9 Å². The van der Waals surface area contributed by atoms with Gasteiger partial charge in [-0.05, 0) is 71.3 Å². The molecule has 0 saturated carbocycles. The van der Waals surface area contributed by atoms with E-state index in [4.69, 9.17) is 4.98 Å². The number of para-hydroxylation sites is 1. The summed E-state index contributed by atoms with van der Waals surface area (Å²) in [6, 6.07) is 21.4. The van der Waals surface area contributed by atoms with Crippen molar-refractivity contribution < 1.29 is 4.39 Å². The van der Waals surface area contributed by atoms with Gasteiger partial charge in [0.25, 0.3) is 0 Å². The maximum absolute atomic E-state index is 13.8. The summed E-state index contributed by atoms with van der Waals surface area (Å²) in [6.07, 6.45) is 0. The van der Waals surface area contributed by atoms with Crippen molar-refractivity contribution in [2.45, 2.75) is 13.8 Å². The van der Waals surface area contributed by atoms with Gasteiger partial charge in [0.2, 0.25) is 0 Å². The van der Waals surface area contributed by atoms with Gasteiger partial charge >= 0.3 is 0 Å². The number of thiazole rings is 1. The first-order valence-electron chi connectivity index (χ1n) is 9.87. The lowest BCUT2D eigenvalue weighted by Crippen LogP contribution is -2.01. The second-order valence-corrected chi connectivity index (χ2v) is 9.43. The van der Waals surface area contributed by atoms with Crippen LogP contribution < -0.4 is 5.32 Å². The number of nitrogens with one attached hydrogen (secondary N) is 1. The number of hydrogen-bond acceptors (Lipinski definition) is 3. The molecule has 5 aromatic rings. The highest BCUT2D eigenvalue weighted by Crippen LogP contribution is 2.39. The highest BCUT2D eigenvalue weighted by molar-refractivity contribution is 14.1. The predicted octanol–water partition coefficient (Wildman–Crippen LogP) is 7.83. The monoisotopic (exact) mass is 539 g/mol. The molecule has 0 aliphatic heterocycles. The van der Waals surface area contributed by atoms with E-state index in [0.717, 1.165) is 53.7 Å². The van der Waals surface area contributed by atoms with Gasteiger partial charge in [0.05, 0.1) is 5.69 Å². The molecule has 0 aliphatic carbocycles. The average molecular weight is 539 g/mol. The van der Waals surface area contributed by atoms with E-state index in [0.29, 0.717) is 0 Å². The number of imidazole rings is 1. The number of anilines is 2. The van der Waals surface area contributed by atoms with Gasteiger partial charge in [-0.3, -0.25) is 4.40 Å². The van der Waals surface area contributed by atoms with Crippen LogP contribution in [0.15, 0.2) is 72.1 Å². The Balaban J connectivity index is 1.79. The van der Waals surface area contributed by atoms with Crippen LogP contribution in [0.5, 0.6) is 0 Å². The summed E-state index contributed by atoms with van der Waals surface area (Å²) in [5, 5.41) is 5.81. The fourth-order valence-electron chi connectivity index (χ4n) is 3.78. The van der Waals surface area contributed by atoms with Crippen molar-refractivity contribution in [2.24, 2.45) is 0 Å². The fraction of sp³-hybridized carbons (Fsp3) is 0.0800. The third-order valence-electron chi connectivity index (χ3n) is 5.34. The minimum absolute atomic E-state index is 0.247. The second-order valence-electron chi connectivity index (χ2n) is 7.43.